The smallest absolute Gasteiger partial charge is 0.416 e. The highest BCUT2D eigenvalue weighted by molar-refractivity contribution is 6.06. The molecule has 1 aliphatic carbocycles. The normalized spacial score (nSPS) is 14.5. The number of esters is 1. The summed E-state index contributed by atoms with van der Waals surface area (Å²) < 4.78 is 45.6. The Morgan fingerprint density at radius 1 is 1.06 bits per heavy atom. The number of nitrogens with zero attached hydrogens (tertiary/aromatic N) is 2. The van der Waals surface area contributed by atoms with Crippen molar-refractivity contribution < 1.29 is 32.3 Å². The predicted octanol–water partition coefficient (Wildman–Crippen LogP) is 5.84. The van der Waals surface area contributed by atoms with Gasteiger partial charge in [0.05, 0.1) is 19.2 Å². The molecule has 0 N–H and O–H groups in total. The van der Waals surface area contributed by atoms with E-state index in [2.05, 4.69) is 0 Å². The van der Waals surface area contributed by atoms with E-state index in [0.29, 0.717) is 35.6 Å². The number of ether oxygens (including phenoxy) is 1. The lowest BCUT2D eigenvalue weighted by Crippen LogP contribution is -2.40. The number of carbonyl (C=O) groups is 3. The topological polar surface area (TPSA) is 68.6 Å². The summed E-state index contributed by atoms with van der Waals surface area (Å²) >= 11 is 0. The van der Waals surface area contributed by atoms with Crippen molar-refractivity contribution in [2.45, 2.75) is 65.6 Å². The average Bonchev–Trinajstić information content (AvgIpc) is 3.11. The molecule has 0 bridgehead atoms. The Labute approximate surface area is 209 Å². The first kappa shape index (κ1) is 27.5. The van der Waals surface area contributed by atoms with Crippen LogP contribution >= 0.6 is 0 Å². The van der Waals surface area contributed by atoms with Crippen LogP contribution in [0.3, 0.4) is 0 Å². The molecule has 1 saturated carbocycles. The number of ketones is 1. The van der Waals surface area contributed by atoms with Gasteiger partial charge in [-0.05, 0) is 69.4 Å². The van der Waals surface area contributed by atoms with Gasteiger partial charge in [-0.3, -0.25) is 9.59 Å². The SMILES string of the molecule is CCn1c(C)c(C(=O)CN(CC2CCCCC2)C(=O)c2ccc(C(F)(F)F)cc2)c(C)c1C(=O)OC. The van der Waals surface area contributed by atoms with Gasteiger partial charge in [-0.1, -0.05) is 19.3 Å². The minimum absolute atomic E-state index is 0.0985. The number of benzene rings is 1. The van der Waals surface area contributed by atoms with Crippen LogP contribution in [0.25, 0.3) is 0 Å². The fraction of sp³-hybridized carbons (Fsp3) is 0.519. The second-order valence-corrected chi connectivity index (χ2v) is 9.36. The summed E-state index contributed by atoms with van der Waals surface area (Å²) in [5.74, 6) is -1.13. The zero-order valence-electron chi connectivity index (χ0n) is 21.2. The number of hydrogen-bond acceptors (Lipinski definition) is 4. The maximum Gasteiger partial charge on any atom is 0.416 e. The van der Waals surface area contributed by atoms with E-state index in [-0.39, 0.29) is 23.8 Å². The highest BCUT2D eigenvalue weighted by Gasteiger charge is 2.32. The van der Waals surface area contributed by atoms with Gasteiger partial charge < -0.3 is 14.2 Å². The molecule has 0 saturated heterocycles. The molecule has 6 nitrogen and oxygen atoms in total. The van der Waals surface area contributed by atoms with Crippen molar-refractivity contribution in [2.24, 2.45) is 5.92 Å². The van der Waals surface area contributed by atoms with Crippen molar-refractivity contribution in [3.8, 4) is 0 Å². The molecule has 196 valence electrons. The van der Waals surface area contributed by atoms with Gasteiger partial charge in [0.25, 0.3) is 5.91 Å². The Morgan fingerprint density at radius 2 is 1.67 bits per heavy atom. The molecular formula is C27H33F3N2O4. The van der Waals surface area contributed by atoms with E-state index in [1.54, 1.807) is 18.4 Å². The average molecular weight is 507 g/mol. The molecule has 2 aromatic rings. The summed E-state index contributed by atoms with van der Waals surface area (Å²) in [5.41, 5.74) is 1.03. The first-order valence-electron chi connectivity index (χ1n) is 12.3. The molecule has 36 heavy (non-hydrogen) atoms. The quantitative estimate of drug-likeness (QED) is 0.333. The van der Waals surface area contributed by atoms with Gasteiger partial charge in [0.15, 0.2) is 5.78 Å². The van der Waals surface area contributed by atoms with Crippen molar-refractivity contribution in [1.82, 2.24) is 9.47 Å². The van der Waals surface area contributed by atoms with Gasteiger partial charge in [0.1, 0.15) is 5.69 Å². The second-order valence-electron chi connectivity index (χ2n) is 9.36. The lowest BCUT2D eigenvalue weighted by atomic mass is 9.88. The molecule has 0 spiro atoms. The number of alkyl halides is 3. The Morgan fingerprint density at radius 3 is 2.19 bits per heavy atom. The Bertz CT molecular complexity index is 1110. The minimum Gasteiger partial charge on any atom is -0.464 e. The molecule has 1 amide bonds. The standard InChI is InChI=1S/C27H33F3N2O4/c1-5-32-18(3)23(17(2)24(32)26(35)36-4)22(33)16-31(15-19-9-7-6-8-10-19)25(34)20-11-13-21(14-12-20)27(28,29)30/h11-14,19H,5-10,15-16H2,1-4H3. The third-order valence-corrected chi connectivity index (χ3v) is 7.02. The second kappa shape index (κ2) is 11.3. The van der Waals surface area contributed by atoms with Crippen LogP contribution in [0.1, 0.15) is 87.1 Å². The van der Waals surface area contributed by atoms with Crippen molar-refractivity contribution in [1.29, 1.82) is 0 Å². The van der Waals surface area contributed by atoms with Crippen LogP contribution < -0.4 is 0 Å². The summed E-state index contributed by atoms with van der Waals surface area (Å²) in [7, 11) is 1.28. The fourth-order valence-corrected chi connectivity index (χ4v) is 5.20. The molecule has 1 heterocycles. The van der Waals surface area contributed by atoms with Crippen molar-refractivity contribution >= 4 is 17.7 Å². The van der Waals surface area contributed by atoms with E-state index >= 15 is 0 Å². The van der Waals surface area contributed by atoms with Crippen LogP contribution in [0.15, 0.2) is 24.3 Å². The Balaban J connectivity index is 1.93. The number of amides is 1. The molecule has 1 aliphatic rings. The third-order valence-electron chi connectivity index (χ3n) is 7.02. The van der Waals surface area contributed by atoms with Gasteiger partial charge >= 0.3 is 12.1 Å². The summed E-state index contributed by atoms with van der Waals surface area (Å²) in [4.78, 5) is 40.8. The highest BCUT2D eigenvalue weighted by Crippen LogP contribution is 2.30. The molecular weight excluding hydrogens is 473 g/mol. The van der Waals surface area contributed by atoms with Crippen LogP contribution in [-0.4, -0.2) is 47.3 Å². The largest absolute Gasteiger partial charge is 0.464 e. The van der Waals surface area contributed by atoms with E-state index in [9.17, 15) is 27.6 Å². The fourth-order valence-electron chi connectivity index (χ4n) is 5.20. The summed E-state index contributed by atoms with van der Waals surface area (Å²) in [6.45, 7) is 5.87. The van der Waals surface area contributed by atoms with E-state index in [0.717, 1.165) is 56.4 Å². The number of aromatic nitrogens is 1. The number of rotatable bonds is 8. The molecule has 0 unspecified atom stereocenters. The molecule has 0 aliphatic heterocycles. The Kier molecular flexibility index (Phi) is 8.63. The van der Waals surface area contributed by atoms with Crippen molar-refractivity contribution in [2.75, 3.05) is 20.2 Å². The predicted molar refractivity (Wildman–Crippen MR) is 129 cm³/mol. The molecule has 1 aromatic carbocycles. The number of carbonyl (C=O) groups excluding carboxylic acids is 3. The van der Waals surface area contributed by atoms with Gasteiger partial charge in [0.2, 0.25) is 0 Å². The van der Waals surface area contributed by atoms with Crippen LogP contribution in [0.4, 0.5) is 13.2 Å². The van der Waals surface area contributed by atoms with Crippen LogP contribution in [0.2, 0.25) is 0 Å². The van der Waals surface area contributed by atoms with Crippen LogP contribution in [0.5, 0.6) is 0 Å². The summed E-state index contributed by atoms with van der Waals surface area (Å²) in [6, 6.07) is 4.07. The van der Waals surface area contributed by atoms with Gasteiger partial charge in [-0.25, -0.2) is 4.79 Å². The minimum atomic E-state index is -4.50. The zero-order chi connectivity index (χ0) is 26.6. The maximum atomic E-state index is 13.5. The zero-order valence-corrected chi connectivity index (χ0v) is 21.2. The van der Waals surface area contributed by atoms with E-state index in [4.69, 9.17) is 4.74 Å². The molecule has 1 aromatic heterocycles. The first-order valence-corrected chi connectivity index (χ1v) is 12.3. The number of Topliss-reactive ketones (excluding diaryl/α,β-unsaturated/α-hetero) is 1. The monoisotopic (exact) mass is 506 g/mol. The lowest BCUT2D eigenvalue weighted by molar-refractivity contribution is -0.137. The molecule has 1 fully saturated rings. The van der Waals surface area contributed by atoms with Gasteiger partial charge in [-0.2, -0.15) is 13.2 Å². The highest BCUT2D eigenvalue weighted by atomic mass is 19.4. The van der Waals surface area contributed by atoms with Gasteiger partial charge in [0, 0.05) is 29.9 Å². The maximum absolute atomic E-state index is 13.5. The summed E-state index contributed by atoms with van der Waals surface area (Å²) in [6.07, 6.45) is 0.575. The van der Waals surface area contributed by atoms with E-state index in [1.165, 1.54) is 12.0 Å². The lowest BCUT2D eigenvalue weighted by Gasteiger charge is -2.29. The van der Waals surface area contributed by atoms with Crippen molar-refractivity contribution in [3.05, 3.63) is 57.9 Å². The molecule has 3 rings (SSSR count). The van der Waals surface area contributed by atoms with Crippen LogP contribution in [-0.2, 0) is 17.5 Å². The Hall–Kier alpha value is -3.10. The third kappa shape index (κ3) is 5.82. The first-order chi connectivity index (χ1) is 17.0. The van der Waals surface area contributed by atoms with Crippen molar-refractivity contribution in [3.63, 3.8) is 0 Å². The number of halogens is 3. The van der Waals surface area contributed by atoms with Crippen LogP contribution in [0, 0.1) is 19.8 Å². The van der Waals surface area contributed by atoms with E-state index in [1.807, 2.05) is 6.92 Å². The summed E-state index contributed by atoms with van der Waals surface area (Å²) in [5, 5.41) is 0. The number of hydrogen-bond donors (Lipinski definition) is 0. The molecule has 0 atom stereocenters. The van der Waals surface area contributed by atoms with E-state index < -0.39 is 23.6 Å². The molecule has 0 radical (unpaired) electrons. The number of methoxy groups -OCH3 is 1. The van der Waals surface area contributed by atoms with Gasteiger partial charge in [-0.15, -0.1) is 0 Å². The molecule has 9 heteroatoms.